The van der Waals surface area contributed by atoms with E-state index in [-0.39, 0.29) is 12.0 Å². The molecule has 0 amide bonds. The van der Waals surface area contributed by atoms with Gasteiger partial charge in [-0.05, 0) is 31.7 Å². The van der Waals surface area contributed by atoms with Crippen LogP contribution in [0.25, 0.3) is 0 Å². The highest BCUT2D eigenvalue weighted by Gasteiger charge is 2.34. The Labute approximate surface area is 118 Å². The molecule has 7 heteroatoms. The number of halogens is 4. The van der Waals surface area contributed by atoms with Crippen molar-refractivity contribution in [1.29, 1.82) is 0 Å². The van der Waals surface area contributed by atoms with E-state index in [1.54, 1.807) is 0 Å². The van der Waals surface area contributed by atoms with Crippen LogP contribution in [0.5, 0.6) is 0 Å². The van der Waals surface area contributed by atoms with E-state index in [1.165, 1.54) is 6.20 Å². The zero-order chi connectivity index (χ0) is 13.9. The second-order valence-electron chi connectivity index (χ2n) is 4.56. The maximum Gasteiger partial charge on any atom is 0.433 e. The molecule has 0 bridgehead atoms. The van der Waals surface area contributed by atoms with Gasteiger partial charge < -0.3 is 4.90 Å². The van der Waals surface area contributed by atoms with Crippen molar-refractivity contribution in [2.75, 3.05) is 16.8 Å². The van der Waals surface area contributed by atoms with Crippen LogP contribution in [0.2, 0.25) is 0 Å². The molecular weight excluding hydrogens is 323 g/mol. The first-order valence-corrected chi connectivity index (χ1v) is 7.37. The van der Waals surface area contributed by atoms with Gasteiger partial charge in [0.1, 0.15) is 5.69 Å². The molecule has 1 aromatic rings. The topological polar surface area (TPSA) is 29.0 Å². The molecule has 3 nitrogen and oxygen atoms in total. The normalized spacial score (nSPS) is 16.2. The lowest BCUT2D eigenvalue weighted by Crippen LogP contribution is -2.42. The van der Waals surface area contributed by atoms with Crippen LogP contribution in [0.15, 0.2) is 12.3 Å². The summed E-state index contributed by atoms with van der Waals surface area (Å²) in [6, 6.07) is 1.19. The van der Waals surface area contributed by atoms with Gasteiger partial charge in [0.05, 0.1) is 0 Å². The Morgan fingerprint density at radius 2 is 2.11 bits per heavy atom. The fraction of sp³-hybridized carbons (Fsp3) is 0.667. The Bertz CT molecular complexity index is 421. The van der Waals surface area contributed by atoms with Gasteiger partial charge in [0.25, 0.3) is 0 Å². The minimum absolute atomic E-state index is 0.195. The van der Waals surface area contributed by atoms with E-state index in [0.717, 1.165) is 37.1 Å². The van der Waals surface area contributed by atoms with Crippen molar-refractivity contribution < 1.29 is 13.2 Å². The molecule has 0 atom stereocenters. The lowest BCUT2D eigenvalue weighted by molar-refractivity contribution is -0.141. The molecule has 19 heavy (non-hydrogen) atoms. The molecule has 1 saturated carbocycles. The maximum absolute atomic E-state index is 12.7. The summed E-state index contributed by atoms with van der Waals surface area (Å²) in [5.41, 5.74) is -0.874. The highest BCUT2D eigenvalue weighted by atomic mass is 79.9. The first kappa shape index (κ1) is 14.6. The molecule has 1 aromatic heterocycles. The standard InChI is InChI=1S/C12H15BrF3N3/c13-6-2-8-19(9-3-1-4-9)11-17-7-5-10(18-11)12(14,15)16/h5,7,9H,1-4,6,8H2. The molecule has 0 saturated heterocycles. The number of alkyl halides is 4. The average molecular weight is 338 g/mol. The van der Waals surface area contributed by atoms with E-state index >= 15 is 0 Å². The van der Waals surface area contributed by atoms with Gasteiger partial charge in [0.2, 0.25) is 5.95 Å². The predicted molar refractivity (Wildman–Crippen MR) is 70.4 cm³/mol. The smallest absolute Gasteiger partial charge is 0.338 e. The lowest BCUT2D eigenvalue weighted by atomic mass is 9.91. The molecule has 106 valence electrons. The quantitative estimate of drug-likeness (QED) is 0.768. The van der Waals surface area contributed by atoms with Crippen molar-refractivity contribution in [2.45, 2.75) is 37.9 Å². The molecule has 0 radical (unpaired) electrons. The second kappa shape index (κ2) is 6.07. The molecule has 0 spiro atoms. The fourth-order valence-corrected chi connectivity index (χ4v) is 2.27. The third-order valence-corrected chi connectivity index (χ3v) is 3.80. The largest absolute Gasteiger partial charge is 0.433 e. The van der Waals surface area contributed by atoms with E-state index in [1.807, 2.05) is 4.90 Å². The zero-order valence-electron chi connectivity index (χ0n) is 10.3. The number of rotatable bonds is 5. The summed E-state index contributed by atoms with van der Waals surface area (Å²) in [4.78, 5) is 9.59. The van der Waals surface area contributed by atoms with Gasteiger partial charge in [-0.2, -0.15) is 13.2 Å². The molecule has 1 heterocycles. The number of anilines is 1. The minimum atomic E-state index is -4.42. The maximum atomic E-state index is 12.7. The number of hydrogen-bond donors (Lipinski definition) is 0. The van der Waals surface area contributed by atoms with Crippen LogP contribution in [-0.4, -0.2) is 27.9 Å². The summed E-state index contributed by atoms with van der Waals surface area (Å²) in [5, 5.41) is 0.815. The number of hydrogen-bond acceptors (Lipinski definition) is 3. The van der Waals surface area contributed by atoms with Gasteiger partial charge in [-0.15, -0.1) is 0 Å². The SMILES string of the molecule is FC(F)(F)c1ccnc(N(CCCBr)C2CCC2)n1. The Morgan fingerprint density at radius 3 is 2.63 bits per heavy atom. The van der Waals surface area contributed by atoms with Crippen LogP contribution in [0.1, 0.15) is 31.4 Å². The van der Waals surface area contributed by atoms with E-state index in [9.17, 15) is 13.2 Å². The Hall–Kier alpha value is -0.850. The van der Waals surface area contributed by atoms with Crippen LogP contribution in [-0.2, 0) is 6.18 Å². The minimum Gasteiger partial charge on any atom is -0.338 e. The van der Waals surface area contributed by atoms with E-state index in [2.05, 4.69) is 25.9 Å². The van der Waals surface area contributed by atoms with Crippen LogP contribution >= 0.6 is 15.9 Å². The number of nitrogens with zero attached hydrogens (tertiary/aromatic N) is 3. The van der Waals surface area contributed by atoms with Crippen LogP contribution in [0.4, 0.5) is 19.1 Å². The summed E-state index contributed by atoms with van der Waals surface area (Å²) in [6.45, 7) is 0.678. The van der Waals surface area contributed by atoms with Crippen molar-refractivity contribution in [3.8, 4) is 0 Å². The highest BCUT2D eigenvalue weighted by molar-refractivity contribution is 9.09. The summed E-state index contributed by atoms with van der Waals surface area (Å²) in [5.74, 6) is 0.195. The van der Waals surface area contributed by atoms with Crippen LogP contribution in [0.3, 0.4) is 0 Å². The lowest BCUT2D eigenvalue weighted by Gasteiger charge is -2.37. The summed E-state index contributed by atoms with van der Waals surface area (Å²) in [6.07, 6.45) is 0.748. The zero-order valence-corrected chi connectivity index (χ0v) is 11.9. The van der Waals surface area contributed by atoms with E-state index in [0.29, 0.717) is 6.54 Å². The van der Waals surface area contributed by atoms with E-state index < -0.39 is 11.9 Å². The van der Waals surface area contributed by atoms with Gasteiger partial charge in [-0.1, -0.05) is 15.9 Å². The molecule has 0 unspecified atom stereocenters. The summed E-state index contributed by atoms with van der Waals surface area (Å²) < 4.78 is 38.0. The predicted octanol–water partition coefficient (Wildman–Crippen LogP) is 3.64. The Kier molecular flexibility index (Phi) is 4.65. The van der Waals surface area contributed by atoms with Crippen molar-refractivity contribution in [3.63, 3.8) is 0 Å². The van der Waals surface area contributed by atoms with Crippen molar-refractivity contribution in [1.82, 2.24) is 9.97 Å². The van der Waals surface area contributed by atoms with E-state index in [4.69, 9.17) is 0 Å². The first-order valence-electron chi connectivity index (χ1n) is 6.25. The monoisotopic (exact) mass is 337 g/mol. The highest BCUT2D eigenvalue weighted by Crippen LogP contribution is 2.31. The van der Waals surface area contributed by atoms with Gasteiger partial charge in [-0.25, -0.2) is 9.97 Å². The summed E-state index contributed by atoms with van der Waals surface area (Å²) in [7, 11) is 0. The molecular formula is C12H15BrF3N3. The van der Waals surface area contributed by atoms with Crippen LogP contribution in [0, 0.1) is 0 Å². The fourth-order valence-electron chi connectivity index (χ4n) is 2.02. The van der Waals surface area contributed by atoms with Crippen LogP contribution < -0.4 is 4.90 Å². The molecule has 1 fully saturated rings. The van der Waals surface area contributed by atoms with Crippen molar-refractivity contribution >= 4 is 21.9 Å². The van der Waals surface area contributed by atoms with Crippen molar-refractivity contribution in [2.24, 2.45) is 0 Å². The van der Waals surface area contributed by atoms with Gasteiger partial charge in [-0.3, -0.25) is 0 Å². The molecule has 0 N–H and O–H groups in total. The van der Waals surface area contributed by atoms with Gasteiger partial charge in [0.15, 0.2) is 0 Å². The van der Waals surface area contributed by atoms with Crippen molar-refractivity contribution in [3.05, 3.63) is 18.0 Å². The Morgan fingerprint density at radius 1 is 1.37 bits per heavy atom. The third kappa shape index (κ3) is 3.58. The molecule has 1 aliphatic rings. The molecule has 0 aromatic carbocycles. The second-order valence-corrected chi connectivity index (χ2v) is 5.35. The Balaban J connectivity index is 2.20. The molecule has 0 aliphatic heterocycles. The third-order valence-electron chi connectivity index (χ3n) is 3.24. The first-order chi connectivity index (χ1) is 9.02. The molecule has 1 aliphatic carbocycles. The summed E-state index contributed by atoms with van der Waals surface area (Å²) >= 11 is 3.34. The van der Waals surface area contributed by atoms with Gasteiger partial charge >= 0.3 is 6.18 Å². The average Bonchev–Trinajstić information content (AvgIpc) is 2.31. The van der Waals surface area contributed by atoms with Gasteiger partial charge in [0, 0.05) is 24.1 Å². The molecule has 2 rings (SSSR count). The number of aromatic nitrogens is 2.